The Morgan fingerprint density at radius 1 is 0.900 bits per heavy atom. The van der Waals surface area contributed by atoms with Gasteiger partial charge in [0.15, 0.2) is 0 Å². The molecule has 1 amide bonds. The van der Waals surface area contributed by atoms with Gasteiger partial charge in [-0.1, -0.05) is 12.1 Å². The predicted octanol–water partition coefficient (Wildman–Crippen LogP) is 3.39. The van der Waals surface area contributed by atoms with E-state index in [0.29, 0.717) is 0 Å². The minimum Gasteiger partial charge on any atom is -0.356 e. The van der Waals surface area contributed by atoms with E-state index in [1.54, 1.807) is 0 Å². The van der Waals surface area contributed by atoms with E-state index in [2.05, 4.69) is 38.4 Å². The van der Waals surface area contributed by atoms with Crippen LogP contribution >= 0.6 is 0 Å². The van der Waals surface area contributed by atoms with Crippen LogP contribution < -0.4 is 10.2 Å². The quantitative estimate of drug-likeness (QED) is 0.703. The lowest BCUT2D eigenvalue weighted by Gasteiger charge is -2.28. The van der Waals surface area contributed by atoms with Gasteiger partial charge >= 0.3 is 0 Å². The minimum absolute atomic E-state index is 0.121. The highest BCUT2D eigenvalue weighted by Gasteiger charge is 2.20. The smallest absolute Gasteiger partial charge is 0.253 e. The van der Waals surface area contributed by atoms with Gasteiger partial charge in [-0.05, 0) is 49.2 Å². The molecule has 1 aromatic carbocycles. The summed E-state index contributed by atoms with van der Waals surface area (Å²) < 4.78 is 0. The molecular formula is C24H27N5O. The lowest BCUT2D eigenvalue weighted by atomic mass is 10.0. The summed E-state index contributed by atoms with van der Waals surface area (Å²) in [6.07, 6.45) is 4.03. The highest BCUT2D eigenvalue weighted by Crippen LogP contribution is 2.27. The largest absolute Gasteiger partial charge is 0.356 e. The van der Waals surface area contributed by atoms with Gasteiger partial charge in [0, 0.05) is 67.8 Å². The number of rotatable bonds is 4. The van der Waals surface area contributed by atoms with Crippen LogP contribution in [0.15, 0.2) is 54.7 Å². The first-order valence-corrected chi connectivity index (χ1v) is 10.8. The number of pyridine rings is 1. The molecule has 2 fully saturated rings. The molecule has 30 heavy (non-hydrogen) atoms. The number of hydrogen-bond donors (Lipinski definition) is 2. The molecule has 4 heterocycles. The number of amides is 1. The minimum atomic E-state index is 0.121. The second-order valence-electron chi connectivity index (χ2n) is 8.00. The maximum Gasteiger partial charge on any atom is 0.253 e. The average Bonchev–Trinajstić information content (AvgIpc) is 3.52. The number of carbonyl (C=O) groups excluding carboxylic acids is 1. The number of H-pyrrole nitrogens is 1. The molecule has 6 nitrogen and oxygen atoms in total. The Labute approximate surface area is 176 Å². The number of nitrogens with zero attached hydrogens (tertiary/aromatic N) is 3. The molecule has 2 aliphatic rings. The Hall–Kier alpha value is -3.12. The van der Waals surface area contributed by atoms with Crippen LogP contribution in [0, 0.1) is 0 Å². The Morgan fingerprint density at radius 2 is 1.73 bits per heavy atom. The van der Waals surface area contributed by atoms with Crippen molar-refractivity contribution in [3.63, 3.8) is 0 Å². The molecule has 0 atom stereocenters. The van der Waals surface area contributed by atoms with Crippen LogP contribution in [0.5, 0.6) is 0 Å². The molecule has 3 aromatic rings. The van der Waals surface area contributed by atoms with Crippen molar-refractivity contribution in [1.29, 1.82) is 0 Å². The van der Waals surface area contributed by atoms with Crippen molar-refractivity contribution in [2.75, 3.05) is 44.2 Å². The summed E-state index contributed by atoms with van der Waals surface area (Å²) in [7, 11) is 0. The number of hydrogen-bond acceptors (Lipinski definition) is 4. The lowest BCUT2D eigenvalue weighted by molar-refractivity contribution is 0.0793. The standard InChI is InChI=1S/C24H27N5O/c30-24(29-12-1-2-13-29)20-5-3-4-18(16-20)22-17-19(8-9-26-22)21-6-7-23(27-21)28-14-10-25-11-15-28/h3-9,16-17,25,27H,1-2,10-15H2. The van der Waals surface area contributed by atoms with Gasteiger partial charge in [0.05, 0.1) is 5.69 Å². The van der Waals surface area contributed by atoms with Crippen molar-refractivity contribution >= 4 is 11.7 Å². The third kappa shape index (κ3) is 3.83. The highest BCUT2D eigenvalue weighted by atomic mass is 16.2. The fourth-order valence-corrected chi connectivity index (χ4v) is 4.31. The Bertz CT molecular complexity index is 1030. The summed E-state index contributed by atoms with van der Waals surface area (Å²) >= 11 is 0. The maximum absolute atomic E-state index is 12.8. The summed E-state index contributed by atoms with van der Waals surface area (Å²) in [4.78, 5) is 25.2. The Morgan fingerprint density at radius 3 is 2.57 bits per heavy atom. The molecule has 5 rings (SSSR count). The summed E-state index contributed by atoms with van der Waals surface area (Å²) in [5.74, 6) is 1.28. The molecule has 2 aromatic heterocycles. The average molecular weight is 402 g/mol. The zero-order valence-corrected chi connectivity index (χ0v) is 17.1. The molecule has 2 aliphatic heterocycles. The molecular weight excluding hydrogens is 374 g/mol. The van der Waals surface area contributed by atoms with Crippen molar-refractivity contribution in [2.45, 2.75) is 12.8 Å². The van der Waals surface area contributed by atoms with Crippen LogP contribution in [-0.2, 0) is 0 Å². The summed E-state index contributed by atoms with van der Waals surface area (Å²) in [5, 5.41) is 3.39. The zero-order chi connectivity index (χ0) is 20.3. The molecule has 0 radical (unpaired) electrons. The molecule has 0 bridgehead atoms. The topological polar surface area (TPSA) is 64.3 Å². The number of carbonyl (C=O) groups is 1. The van der Waals surface area contributed by atoms with Crippen LogP contribution in [0.4, 0.5) is 5.82 Å². The first-order valence-electron chi connectivity index (χ1n) is 10.8. The molecule has 2 saturated heterocycles. The number of benzene rings is 1. The summed E-state index contributed by atoms with van der Waals surface area (Å²) in [6.45, 7) is 5.78. The third-order valence-corrected chi connectivity index (χ3v) is 6.00. The van der Waals surface area contributed by atoms with Gasteiger partial charge in [-0.2, -0.15) is 0 Å². The number of aromatic amines is 1. The van der Waals surface area contributed by atoms with Crippen LogP contribution in [0.1, 0.15) is 23.2 Å². The van der Waals surface area contributed by atoms with Gasteiger partial charge < -0.3 is 20.1 Å². The number of aromatic nitrogens is 2. The first kappa shape index (κ1) is 18.9. The molecule has 6 heteroatoms. The van der Waals surface area contributed by atoms with Gasteiger partial charge in [-0.3, -0.25) is 9.78 Å². The Kier molecular flexibility index (Phi) is 5.24. The second-order valence-corrected chi connectivity index (χ2v) is 8.00. The van der Waals surface area contributed by atoms with Crippen molar-refractivity contribution in [3.05, 3.63) is 60.3 Å². The molecule has 2 N–H and O–H groups in total. The predicted molar refractivity (Wildman–Crippen MR) is 120 cm³/mol. The van der Waals surface area contributed by atoms with E-state index in [9.17, 15) is 4.79 Å². The highest BCUT2D eigenvalue weighted by molar-refractivity contribution is 5.95. The summed E-state index contributed by atoms with van der Waals surface area (Å²) in [6, 6.07) is 16.2. The first-order chi connectivity index (χ1) is 14.8. The molecule has 0 aliphatic carbocycles. The SMILES string of the molecule is O=C(c1cccc(-c2cc(-c3ccc(N4CCNCC4)[nH]3)ccn2)c1)N1CCCC1. The molecule has 0 saturated carbocycles. The van der Waals surface area contributed by atoms with Gasteiger partial charge in [0.25, 0.3) is 5.91 Å². The van der Waals surface area contributed by atoms with E-state index in [1.807, 2.05) is 41.4 Å². The van der Waals surface area contributed by atoms with Crippen LogP contribution in [0.3, 0.4) is 0 Å². The Balaban J connectivity index is 1.39. The van der Waals surface area contributed by atoms with E-state index in [-0.39, 0.29) is 5.91 Å². The maximum atomic E-state index is 12.8. The zero-order valence-electron chi connectivity index (χ0n) is 17.1. The van der Waals surface area contributed by atoms with E-state index in [0.717, 1.165) is 86.0 Å². The van der Waals surface area contributed by atoms with Crippen molar-refractivity contribution in [2.24, 2.45) is 0 Å². The molecule has 154 valence electrons. The fraction of sp³-hybridized carbons (Fsp3) is 0.333. The van der Waals surface area contributed by atoms with E-state index in [1.165, 1.54) is 0 Å². The van der Waals surface area contributed by atoms with Gasteiger partial charge in [0.1, 0.15) is 5.82 Å². The lowest BCUT2D eigenvalue weighted by Crippen LogP contribution is -2.43. The van der Waals surface area contributed by atoms with Gasteiger partial charge in [-0.25, -0.2) is 0 Å². The number of nitrogens with one attached hydrogen (secondary N) is 2. The van der Waals surface area contributed by atoms with Gasteiger partial charge in [0.2, 0.25) is 0 Å². The number of piperazine rings is 1. The number of anilines is 1. The summed E-state index contributed by atoms with van der Waals surface area (Å²) in [5.41, 5.74) is 4.76. The monoisotopic (exact) mass is 401 g/mol. The van der Waals surface area contributed by atoms with E-state index >= 15 is 0 Å². The van der Waals surface area contributed by atoms with Crippen molar-refractivity contribution in [3.8, 4) is 22.5 Å². The van der Waals surface area contributed by atoms with Crippen molar-refractivity contribution < 1.29 is 4.79 Å². The normalized spacial score (nSPS) is 16.8. The van der Waals surface area contributed by atoms with Gasteiger partial charge in [-0.15, -0.1) is 0 Å². The van der Waals surface area contributed by atoms with E-state index < -0.39 is 0 Å². The third-order valence-electron chi connectivity index (χ3n) is 6.00. The van der Waals surface area contributed by atoms with Crippen LogP contribution in [-0.4, -0.2) is 60.0 Å². The molecule has 0 unspecified atom stereocenters. The van der Waals surface area contributed by atoms with Crippen LogP contribution in [0.2, 0.25) is 0 Å². The fourth-order valence-electron chi connectivity index (χ4n) is 4.31. The van der Waals surface area contributed by atoms with E-state index in [4.69, 9.17) is 0 Å². The molecule has 0 spiro atoms. The number of likely N-dealkylation sites (tertiary alicyclic amines) is 1. The second kappa shape index (κ2) is 8.32. The van der Waals surface area contributed by atoms with Crippen LogP contribution in [0.25, 0.3) is 22.5 Å². The van der Waals surface area contributed by atoms with Crippen molar-refractivity contribution in [1.82, 2.24) is 20.2 Å².